The van der Waals surface area contributed by atoms with Gasteiger partial charge >= 0.3 is 0 Å². The first-order valence-electron chi connectivity index (χ1n) is 10.4. The van der Waals surface area contributed by atoms with Crippen molar-refractivity contribution in [1.82, 2.24) is 0 Å². The molecule has 2 aromatic carbocycles. The highest BCUT2D eigenvalue weighted by Gasteiger charge is 2.23. The van der Waals surface area contributed by atoms with Crippen molar-refractivity contribution < 1.29 is 5.32 Å². The lowest BCUT2D eigenvalue weighted by Gasteiger charge is -2.25. The summed E-state index contributed by atoms with van der Waals surface area (Å²) in [5.41, 5.74) is 6.90. The quantitative estimate of drug-likeness (QED) is 0.587. The Labute approximate surface area is 166 Å². The monoisotopic (exact) mass is 365 g/mol. The normalized spacial score (nSPS) is 11.9. The number of hydrogen-bond donors (Lipinski definition) is 1. The van der Waals surface area contributed by atoms with Crippen LogP contribution in [-0.4, -0.2) is 19.6 Å². The average Bonchev–Trinajstić information content (AvgIpc) is 2.65. The molecule has 0 saturated heterocycles. The Hall–Kier alpha value is -2.06. The lowest BCUT2D eigenvalue weighted by molar-refractivity contribution is -0.568. The number of rotatable bonds is 9. The maximum Gasteiger partial charge on any atom is 0.133 e. The van der Waals surface area contributed by atoms with Gasteiger partial charge in [0.2, 0.25) is 0 Å². The number of benzene rings is 2. The maximum absolute atomic E-state index is 2.39. The molecule has 27 heavy (non-hydrogen) atoms. The van der Waals surface area contributed by atoms with E-state index < -0.39 is 0 Å². The zero-order valence-electron chi connectivity index (χ0n) is 18.0. The molecule has 0 radical (unpaired) electrons. The van der Waals surface area contributed by atoms with Gasteiger partial charge in [0.15, 0.2) is 0 Å². The SMILES string of the molecule is CC[NH2+]c1ccccc1C(C)(C)C/C=C/c1ccc(N(CC)CC)cc1C. The molecule has 2 aromatic rings. The zero-order valence-corrected chi connectivity index (χ0v) is 18.0. The summed E-state index contributed by atoms with van der Waals surface area (Å²) < 4.78 is 0. The second-order valence-electron chi connectivity index (χ2n) is 7.90. The van der Waals surface area contributed by atoms with Crippen molar-refractivity contribution in [3.8, 4) is 0 Å². The van der Waals surface area contributed by atoms with Crippen LogP contribution in [0.2, 0.25) is 0 Å². The predicted molar refractivity (Wildman–Crippen MR) is 120 cm³/mol. The van der Waals surface area contributed by atoms with Crippen LogP contribution < -0.4 is 10.2 Å². The first kappa shape index (κ1) is 21.2. The van der Waals surface area contributed by atoms with Crippen molar-refractivity contribution in [2.24, 2.45) is 0 Å². The van der Waals surface area contributed by atoms with Crippen molar-refractivity contribution in [1.29, 1.82) is 0 Å². The van der Waals surface area contributed by atoms with Crippen molar-refractivity contribution in [3.63, 3.8) is 0 Å². The van der Waals surface area contributed by atoms with Gasteiger partial charge < -0.3 is 10.2 Å². The number of quaternary nitrogens is 1. The van der Waals surface area contributed by atoms with Crippen LogP contribution in [0.15, 0.2) is 48.5 Å². The van der Waals surface area contributed by atoms with Gasteiger partial charge in [-0.3, -0.25) is 0 Å². The minimum absolute atomic E-state index is 0.119. The summed E-state index contributed by atoms with van der Waals surface area (Å²) in [7, 11) is 0. The predicted octanol–water partition coefficient (Wildman–Crippen LogP) is 5.44. The summed E-state index contributed by atoms with van der Waals surface area (Å²) in [5, 5.41) is 2.33. The highest BCUT2D eigenvalue weighted by molar-refractivity contribution is 5.60. The first-order valence-corrected chi connectivity index (χ1v) is 10.4. The van der Waals surface area contributed by atoms with Gasteiger partial charge in [-0.05, 0) is 68.9 Å². The molecule has 0 unspecified atom stereocenters. The standard InChI is InChI=1S/C25H36N2/c1-7-26-24-15-11-10-14-23(24)25(5,6)18-12-13-21-16-17-22(19-20(21)4)27(8-2)9-3/h10-17,19,26H,7-9,18H2,1-6H3/p+1/b13-12+. The van der Waals surface area contributed by atoms with E-state index in [1.54, 1.807) is 0 Å². The summed E-state index contributed by atoms with van der Waals surface area (Å²) in [6.45, 7) is 16.7. The lowest BCUT2D eigenvalue weighted by atomic mass is 9.80. The molecule has 2 nitrogen and oxygen atoms in total. The third-order valence-corrected chi connectivity index (χ3v) is 5.42. The summed E-state index contributed by atoms with van der Waals surface area (Å²) in [6.07, 6.45) is 5.65. The Balaban J connectivity index is 2.15. The van der Waals surface area contributed by atoms with Crippen LogP contribution in [0.5, 0.6) is 0 Å². The number of aryl methyl sites for hydroxylation is 1. The van der Waals surface area contributed by atoms with Gasteiger partial charge in [0.1, 0.15) is 5.69 Å². The Morgan fingerprint density at radius 3 is 2.33 bits per heavy atom. The molecule has 0 bridgehead atoms. The largest absolute Gasteiger partial charge is 0.372 e. The van der Waals surface area contributed by atoms with Crippen LogP contribution in [0.3, 0.4) is 0 Å². The Morgan fingerprint density at radius 2 is 1.70 bits per heavy atom. The molecule has 0 aromatic heterocycles. The molecule has 0 heterocycles. The molecule has 0 spiro atoms. The smallest absolute Gasteiger partial charge is 0.133 e. The van der Waals surface area contributed by atoms with E-state index in [4.69, 9.17) is 0 Å². The molecule has 0 saturated carbocycles. The number of hydrogen-bond acceptors (Lipinski definition) is 1. The number of anilines is 1. The fourth-order valence-electron chi connectivity index (χ4n) is 3.73. The van der Waals surface area contributed by atoms with Gasteiger partial charge in [-0.25, -0.2) is 0 Å². The van der Waals surface area contributed by atoms with E-state index in [1.165, 1.54) is 28.1 Å². The minimum Gasteiger partial charge on any atom is -0.372 e. The van der Waals surface area contributed by atoms with Crippen molar-refractivity contribution in [2.45, 2.75) is 53.4 Å². The zero-order chi connectivity index (χ0) is 19.9. The minimum atomic E-state index is 0.119. The molecular formula is C25H37N2+. The molecule has 0 atom stereocenters. The number of nitrogens with two attached hydrogens (primary N) is 1. The summed E-state index contributed by atoms with van der Waals surface area (Å²) >= 11 is 0. The van der Waals surface area contributed by atoms with Crippen LogP contribution in [0.1, 0.15) is 57.7 Å². The second-order valence-corrected chi connectivity index (χ2v) is 7.90. The van der Waals surface area contributed by atoms with Crippen LogP contribution in [0.4, 0.5) is 11.4 Å². The molecule has 0 aliphatic rings. The molecule has 2 heteroatoms. The van der Waals surface area contributed by atoms with E-state index in [2.05, 4.69) is 106 Å². The van der Waals surface area contributed by atoms with Crippen LogP contribution >= 0.6 is 0 Å². The summed E-state index contributed by atoms with van der Waals surface area (Å²) in [5.74, 6) is 0. The number of nitrogens with zero attached hydrogens (tertiary/aromatic N) is 1. The van der Waals surface area contributed by atoms with Crippen LogP contribution in [-0.2, 0) is 5.41 Å². The molecular weight excluding hydrogens is 328 g/mol. The van der Waals surface area contributed by atoms with Crippen LogP contribution in [0.25, 0.3) is 6.08 Å². The highest BCUT2D eigenvalue weighted by Crippen LogP contribution is 2.31. The van der Waals surface area contributed by atoms with Crippen LogP contribution in [0, 0.1) is 6.92 Å². The van der Waals surface area contributed by atoms with Crippen molar-refractivity contribution in [3.05, 3.63) is 65.2 Å². The van der Waals surface area contributed by atoms with Crippen molar-refractivity contribution in [2.75, 3.05) is 24.5 Å². The fourth-order valence-corrected chi connectivity index (χ4v) is 3.73. The summed E-state index contributed by atoms with van der Waals surface area (Å²) in [6, 6.07) is 15.6. The first-order chi connectivity index (χ1) is 12.9. The van der Waals surface area contributed by atoms with E-state index in [-0.39, 0.29) is 5.41 Å². The number of allylic oxidation sites excluding steroid dienone is 1. The van der Waals surface area contributed by atoms with Gasteiger partial charge in [0.05, 0.1) is 6.54 Å². The third kappa shape index (κ3) is 5.46. The fraction of sp³-hybridized carbons (Fsp3) is 0.440. The Morgan fingerprint density at radius 1 is 1.00 bits per heavy atom. The molecule has 2 rings (SSSR count). The van der Waals surface area contributed by atoms with E-state index in [1.807, 2.05) is 0 Å². The van der Waals surface area contributed by atoms with Gasteiger partial charge in [-0.1, -0.05) is 50.3 Å². The lowest BCUT2D eigenvalue weighted by Crippen LogP contribution is -2.77. The average molecular weight is 366 g/mol. The van der Waals surface area contributed by atoms with Crippen molar-refractivity contribution >= 4 is 17.5 Å². The molecule has 0 amide bonds. The van der Waals surface area contributed by atoms with Gasteiger partial charge in [-0.15, -0.1) is 0 Å². The van der Waals surface area contributed by atoms with E-state index in [9.17, 15) is 0 Å². The molecule has 0 aliphatic heterocycles. The topological polar surface area (TPSA) is 19.9 Å². The van der Waals surface area contributed by atoms with E-state index >= 15 is 0 Å². The van der Waals surface area contributed by atoms with Gasteiger partial charge in [-0.2, -0.15) is 0 Å². The molecule has 0 aliphatic carbocycles. The van der Waals surface area contributed by atoms with E-state index in [0.29, 0.717) is 0 Å². The molecule has 2 N–H and O–H groups in total. The molecule has 146 valence electrons. The summed E-state index contributed by atoms with van der Waals surface area (Å²) in [4.78, 5) is 2.39. The van der Waals surface area contributed by atoms with Gasteiger partial charge in [0, 0.05) is 24.3 Å². The highest BCUT2D eigenvalue weighted by atomic mass is 15.1. The molecule has 0 fully saturated rings. The van der Waals surface area contributed by atoms with E-state index in [0.717, 1.165) is 26.1 Å². The number of para-hydroxylation sites is 1. The maximum atomic E-state index is 2.39. The van der Waals surface area contributed by atoms with Gasteiger partial charge in [0.25, 0.3) is 0 Å². The Kier molecular flexibility index (Phi) is 7.67. The Bertz CT molecular complexity index is 755. The second kappa shape index (κ2) is 9.75. The third-order valence-electron chi connectivity index (χ3n) is 5.42.